The van der Waals surface area contributed by atoms with Crippen molar-refractivity contribution in [3.63, 3.8) is 0 Å². The lowest BCUT2D eigenvalue weighted by atomic mass is 10.1. The van der Waals surface area contributed by atoms with Crippen LogP contribution in [0.4, 0.5) is 20.6 Å². The third-order valence-corrected chi connectivity index (χ3v) is 3.40. The zero-order chi connectivity index (χ0) is 18.4. The molecule has 0 aromatic heterocycles. The van der Waals surface area contributed by atoms with Gasteiger partial charge in [0.2, 0.25) is 0 Å². The van der Waals surface area contributed by atoms with E-state index in [4.69, 9.17) is 16.3 Å². The Labute approximate surface area is 149 Å². The van der Waals surface area contributed by atoms with Gasteiger partial charge in [0.15, 0.2) is 0 Å². The Morgan fingerprint density at radius 1 is 1.16 bits per heavy atom. The van der Waals surface area contributed by atoms with Gasteiger partial charge >= 0.3 is 6.03 Å². The second-order valence-corrected chi connectivity index (χ2v) is 5.44. The first-order chi connectivity index (χ1) is 11.9. The fourth-order valence-electron chi connectivity index (χ4n) is 2.12. The van der Waals surface area contributed by atoms with Gasteiger partial charge < -0.3 is 20.7 Å². The summed E-state index contributed by atoms with van der Waals surface area (Å²) in [6.45, 7) is 2.23. The van der Waals surface area contributed by atoms with Crippen LogP contribution < -0.4 is 20.7 Å². The Hall–Kier alpha value is -2.80. The van der Waals surface area contributed by atoms with E-state index in [9.17, 15) is 14.0 Å². The lowest BCUT2D eigenvalue weighted by molar-refractivity contribution is 0.0956. The Bertz CT molecular complexity index is 778. The molecule has 0 aliphatic carbocycles. The first kappa shape index (κ1) is 18.5. The summed E-state index contributed by atoms with van der Waals surface area (Å²) in [7, 11) is 1.47. The number of rotatable bonds is 5. The van der Waals surface area contributed by atoms with Gasteiger partial charge in [-0.05, 0) is 37.3 Å². The van der Waals surface area contributed by atoms with Gasteiger partial charge in [-0.15, -0.1) is 0 Å². The zero-order valence-corrected chi connectivity index (χ0v) is 14.4. The Morgan fingerprint density at radius 2 is 1.92 bits per heavy atom. The van der Waals surface area contributed by atoms with Gasteiger partial charge in [-0.2, -0.15) is 0 Å². The topological polar surface area (TPSA) is 79.5 Å². The number of amides is 3. The second kappa shape index (κ2) is 8.34. The highest BCUT2D eigenvalue weighted by atomic mass is 35.5. The number of carbonyl (C=O) groups excluding carboxylic acids is 2. The van der Waals surface area contributed by atoms with Crippen LogP contribution in [0.25, 0.3) is 0 Å². The first-order valence-electron chi connectivity index (χ1n) is 7.43. The molecule has 132 valence electrons. The van der Waals surface area contributed by atoms with Crippen molar-refractivity contribution in [3.05, 3.63) is 52.8 Å². The Morgan fingerprint density at radius 3 is 2.56 bits per heavy atom. The molecule has 6 nitrogen and oxygen atoms in total. The maximum absolute atomic E-state index is 13.3. The van der Waals surface area contributed by atoms with Gasteiger partial charge in [0.05, 0.1) is 18.4 Å². The second-order valence-electron chi connectivity index (χ2n) is 5.01. The minimum atomic E-state index is -0.652. The smallest absolute Gasteiger partial charge is 0.323 e. The van der Waals surface area contributed by atoms with E-state index in [0.29, 0.717) is 12.3 Å². The van der Waals surface area contributed by atoms with Gasteiger partial charge in [0.25, 0.3) is 5.91 Å². The number of hydrogen-bond acceptors (Lipinski definition) is 3. The molecule has 0 atom stereocenters. The molecule has 8 heteroatoms. The number of carbonyl (C=O) groups is 2. The zero-order valence-electron chi connectivity index (χ0n) is 13.7. The monoisotopic (exact) mass is 365 g/mol. The number of nitrogens with one attached hydrogen (secondary N) is 3. The van der Waals surface area contributed by atoms with Crippen LogP contribution in [0.15, 0.2) is 36.4 Å². The minimum absolute atomic E-state index is 0.152. The van der Waals surface area contributed by atoms with Gasteiger partial charge in [0, 0.05) is 23.3 Å². The highest BCUT2D eigenvalue weighted by molar-refractivity contribution is 6.31. The third kappa shape index (κ3) is 5.09. The maximum Gasteiger partial charge on any atom is 0.323 e. The number of anilines is 2. The maximum atomic E-state index is 13.3. The summed E-state index contributed by atoms with van der Waals surface area (Å²) in [5.41, 5.74) is 0.713. The van der Waals surface area contributed by atoms with Crippen LogP contribution in [0.5, 0.6) is 5.75 Å². The van der Waals surface area contributed by atoms with E-state index >= 15 is 0 Å². The number of hydrogen-bond donors (Lipinski definition) is 3. The van der Waals surface area contributed by atoms with Crippen LogP contribution in [-0.4, -0.2) is 25.6 Å². The van der Waals surface area contributed by atoms with E-state index in [0.717, 1.165) is 12.1 Å². The molecule has 0 saturated carbocycles. The summed E-state index contributed by atoms with van der Waals surface area (Å²) in [4.78, 5) is 24.3. The highest BCUT2D eigenvalue weighted by Gasteiger charge is 2.14. The van der Waals surface area contributed by atoms with Crippen molar-refractivity contribution in [2.45, 2.75) is 6.92 Å². The molecule has 0 heterocycles. The van der Waals surface area contributed by atoms with E-state index in [1.54, 1.807) is 19.1 Å². The van der Waals surface area contributed by atoms with Gasteiger partial charge in [0.1, 0.15) is 11.6 Å². The van der Waals surface area contributed by atoms with Crippen molar-refractivity contribution in [3.8, 4) is 5.75 Å². The van der Waals surface area contributed by atoms with E-state index in [2.05, 4.69) is 16.0 Å². The number of benzene rings is 2. The molecule has 0 fully saturated rings. The van der Waals surface area contributed by atoms with Gasteiger partial charge in [-0.25, -0.2) is 9.18 Å². The first-order valence-corrected chi connectivity index (χ1v) is 7.81. The van der Waals surface area contributed by atoms with E-state index < -0.39 is 11.8 Å². The van der Waals surface area contributed by atoms with E-state index in [-0.39, 0.29) is 27.9 Å². The quantitative estimate of drug-likeness (QED) is 0.752. The largest absolute Gasteiger partial charge is 0.497 e. The van der Waals surface area contributed by atoms with Crippen LogP contribution in [-0.2, 0) is 0 Å². The molecule has 0 aliphatic rings. The molecule has 2 aromatic carbocycles. The van der Waals surface area contributed by atoms with Crippen LogP contribution >= 0.6 is 11.6 Å². The SMILES string of the molecule is CCNC(=O)c1ccc(OC)cc1NC(=O)Nc1cc(F)cc(Cl)c1. The Kier molecular flexibility index (Phi) is 6.19. The molecule has 3 N–H and O–H groups in total. The predicted molar refractivity (Wildman–Crippen MR) is 95.1 cm³/mol. The number of ether oxygens (including phenoxy) is 1. The molecular formula is C17H17ClFN3O3. The fourth-order valence-corrected chi connectivity index (χ4v) is 2.34. The highest BCUT2D eigenvalue weighted by Crippen LogP contribution is 2.23. The summed E-state index contributed by atoms with van der Waals surface area (Å²) in [5.74, 6) is -0.446. The molecule has 2 rings (SSSR count). The summed E-state index contributed by atoms with van der Waals surface area (Å²) in [6.07, 6.45) is 0. The molecule has 0 aliphatic heterocycles. The van der Waals surface area contributed by atoms with Crippen LogP contribution in [0, 0.1) is 5.82 Å². The van der Waals surface area contributed by atoms with Crippen LogP contribution in [0.2, 0.25) is 5.02 Å². The van der Waals surface area contributed by atoms with Crippen molar-refractivity contribution < 1.29 is 18.7 Å². The van der Waals surface area contributed by atoms with Crippen molar-refractivity contribution in [1.29, 1.82) is 0 Å². The van der Waals surface area contributed by atoms with Crippen LogP contribution in [0.1, 0.15) is 17.3 Å². The molecule has 2 aromatic rings. The molecular weight excluding hydrogens is 349 g/mol. The standard InChI is InChI=1S/C17H17ClFN3O3/c1-3-20-16(23)14-5-4-13(25-2)9-15(14)22-17(24)21-12-7-10(18)6-11(19)8-12/h4-9H,3H2,1-2H3,(H,20,23)(H2,21,22,24). The van der Waals surface area contributed by atoms with Crippen molar-refractivity contribution in [2.24, 2.45) is 0 Å². The summed E-state index contributed by atoms with van der Waals surface area (Å²) in [5, 5.41) is 7.83. The molecule has 0 spiro atoms. The van der Waals surface area contributed by atoms with Crippen molar-refractivity contribution in [1.82, 2.24) is 5.32 Å². The average molecular weight is 366 g/mol. The van der Waals surface area contributed by atoms with E-state index in [1.807, 2.05) is 0 Å². The average Bonchev–Trinajstić information content (AvgIpc) is 2.53. The molecule has 0 bridgehead atoms. The Balaban J connectivity index is 2.22. The van der Waals surface area contributed by atoms with Crippen LogP contribution in [0.3, 0.4) is 0 Å². The molecule has 3 amide bonds. The summed E-state index contributed by atoms with van der Waals surface area (Å²) < 4.78 is 18.4. The molecule has 0 radical (unpaired) electrons. The number of halogens is 2. The fraction of sp³-hybridized carbons (Fsp3) is 0.176. The number of methoxy groups -OCH3 is 1. The summed E-state index contributed by atoms with van der Waals surface area (Å²) in [6, 6.07) is 7.67. The minimum Gasteiger partial charge on any atom is -0.497 e. The lowest BCUT2D eigenvalue weighted by Gasteiger charge is -2.13. The molecule has 0 unspecified atom stereocenters. The normalized spacial score (nSPS) is 10.1. The van der Waals surface area contributed by atoms with Crippen molar-refractivity contribution >= 4 is 34.9 Å². The molecule has 0 saturated heterocycles. The van der Waals surface area contributed by atoms with Crippen molar-refractivity contribution in [2.75, 3.05) is 24.3 Å². The van der Waals surface area contributed by atoms with Gasteiger partial charge in [-0.3, -0.25) is 4.79 Å². The summed E-state index contributed by atoms with van der Waals surface area (Å²) >= 11 is 5.75. The van der Waals surface area contributed by atoms with Gasteiger partial charge in [-0.1, -0.05) is 11.6 Å². The molecule has 25 heavy (non-hydrogen) atoms. The predicted octanol–water partition coefficient (Wildman–Crippen LogP) is 3.88. The number of urea groups is 1. The lowest BCUT2D eigenvalue weighted by Crippen LogP contribution is -2.26. The van der Waals surface area contributed by atoms with E-state index in [1.165, 1.54) is 19.2 Å². The third-order valence-electron chi connectivity index (χ3n) is 3.18.